The van der Waals surface area contributed by atoms with Gasteiger partial charge in [0.15, 0.2) is 0 Å². The van der Waals surface area contributed by atoms with Crippen LogP contribution in [-0.4, -0.2) is 40.0 Å². The highest BCUT2D eigenvalue weighted by Gasteiger charge is 2.36. The fourth-order valence-electron chi connectivity index (χ4n) is 4.88. The molecule has 0 saturated heterocycles. The van der Waals surface area contributed by atoms with Crippen LogP contribution in [0.1, 0.15) is 37.3 Å². The first-order chi connectivity index (χ1) is 18.0. The van der Waals surface area contributed by atoms with Crippen molar-refractivity contribution in [3.63, 3.8) is 0 Å². The van der Waals surface area contributed by atoms with Crippen LogP contribution in [0.3, 0.4) is 0 Å². The SMILES string of the molecule is COc1cccc([C@@H](C(=O)NC2CCCC2)N(C(=O)Cn2nnc3ccccc32)c2ccccc2F)c1. The molecule has 0 unspecified atom stereocenters. The smallest absolute Gasteiger partial charge is 0.249 e. The van der Waals surface area contributed by atoms with Crippen molar-refractivity contribution in [1.82, 2.24) is 20.3 Å². The van der Waals surface area contributed by atoms with Crippen molar-refractivity contribution in [2.75, 3.05) is 12.0 Å². The lowest BCUT2D eigenvalue weighted by Gasteiger charge is -2.32. The number of ether oxygens (including phenoxy) is 1. The molecule has 1 aliphatic rings. The van der Waals surface area contributed by atoms with Crippen LogP contribution >= 0.6 is 0 Å². The highest BCUT2D eigenvalue weighted by molar-refractivity contribution is 6.01. The maximum Gasteiger partial charge on any atom is 0.249 e. The van der Waals surface area contributed by atoms with E-state index in [2.05, 4.69) is 15.6 Å². The molecule has 0 spiro atoms. The summed E-state index contributed by atoms with van der Waals surface area (Å²) in [7, 11) is 1.53. The number of amides is 2. The summed E-state index contributed by atoms with van der Waals surface area (Å²) in [5.41, 5.74) is 1.81. The minimum atomic E-state index is -1.13. The van der Waals surface area contributed by atoms with Crippen molar-refractivity contribution < 1.29 is 18.7 Å². The number of carbonyl (C=O) groups is 2. The summed E-state index contributed by atoms with van der Waals surface area (Å²) in [5, 5.41) is 11.3. The molecule has 190 valence electrons. The molecule has 1 atom stereocenters. The number of nitrogens with one attached hydrogen (secondary N) is 1. The zero-order chi connectivity index (χ0) is 25.8. The second kappa shape index (κ2) is 10.8. The van der Waals surface area contributed by atoms with E-state index in [9.17, 15) is 9.59 Å². The van der Waals surface area contributed by atoms with Crippen LogP contribution in [0.5, 0.6) is 5.75 Å². The molecule has 1 fully saturated rings. The van der Waals surface area contributed by atoms with Crippen LogP contribution in [0.2, 0.25) is 0 Å². The van der Waals surface area contributed by atoms with Crippen molar-refractivity contribution >= 4 is 28.5 Å². The molecular weight excluding hydrogens is 473 g/mol. The van der Waals surface area contributed by atoms with E-state index >= 15 is 4.39 Å². The zero-order valence-corrected chi connectivity index (χ0v) is 20.5. The molecule has 4 aromatic rings. The quantitative estimate of drug-likeness (QED) is 0.386. The fraction of sp³-hybridized carbons (Fsp3) is 0.286. The van der Waals surface area contributed by atoms with Crippen LogP contribution in [0.4, 0.5) is 10.1 Å². The van der Waals surface area contributed by atoms with Gasteiger partial charge in [0, 0.05) is 6.04 Å². The van der Waals surface area contributed by atoms with Gasteiger partial charge < -0.3 is 10.1 Å². The standard InChI is InChI=1S/C28H28FN5O3/c1-37-21-12-8-9-19(17-21)27(28(36)30-20-10-2-3-11-20)34(24-15-6-4-13-22(24)29)26(35)18-33-25-16-7-5-14-23(25)31-32-33/h4-9,12-17,20,27H,2-3,10-11,18H2,1H3,(H,30,36)/t27-/m0/s1. The number of methoxy groups -OCH3 is 1. The molecule has 5 rings (SSSR count). The van der Waals surface area contributed by atoms with E-state index in [1.807, 2.05) is 18.2 Å². The Kier molecular flexibility index (Phi) is 7.11. The Morgan fingerprint density at radius 3 is 2.62 bits per heavy atom. The number of halogens is 1. The summed E-state index contributed by atoms with van der Waals surface area (Å²) < 4.78 is 22.1. The van der Waals surface area contributed by atoms with E-state index in [1.54, 1.807) is 42.5 Å². The number of aromatic nitrogens is 3. The summed E-state index contributed by atoms with van der Waals surface area (Å²) >= 11 is 0. The number of anilines is 1. The number of rotatable bonds is 8. The predicted octanol–water partition coefficient (Wildman–Crippen LogP) is 4.41. The number of carbonyl (C=O) groups excluding carboxylic acids is 2. The molecule has 37 heavy (non-hydrogen) atoms. The van der Waals surface area contributed by atoms with Crippen molar-refractivity contribution in [2.45, 2.75) is 44.3 Å². The van der Waals surface area contributed by atoms with E-state index in [4.69, 9.17) is 4.74 Å². The zero-order valence-electron chi connectivity index (χ0n) is 20.5. The number of para-hydroxylation sites is 2. The first-order valence-electron chi connectivity index (χ1n) is 12.3. The predicted molar refractivity (Wildman–Crippen MR) is 138 cm³/mol. The first-order valence-corrected chi connectivity index (χ1v) is 12.3. The van der Waals surface area contributed by atoms with Crippen LogP contribution in [0.25, 0.3) is 11.0 Å². The third-order valence-corrected chi connectivity index (χ3v) is 6.70. The lowest BCUT2D eigenvalue weighted by atomic mass is 10.0. The number of hydrogen-bond acceptors (Lipinski definition) is 5. The van der Waals surface area contributed by atoms with Gasteiger partial charge in [0.05, 0.1) is 18.3 Å². The fourth-order valence-corrected chi connectivity index (χ4v) is 4.88. The van der Waals surface area contributed by atoms with Gasteiger partial charge in [-0.25, -0.2) is 9.07 Å². The Morgan fingerprint density at radius 2 is 1.84 bits per heavy atom. The van der Waals surface area contributed by atoms with Gasteiger partial charge in [-0.15, -0.1) is 5.10 Å². The number of nitrogens with zero attached hydrogens (tertiary/aromatic N) is 4. The van der Waals surface area contributed by atoms with Gasteiger partial charge in [0.25, 0.3) is 0 Å². The number of benzene rings is 3. The normalized spacial score (nSPS) is 14.4. The molecule has 9 heteroatoms. The minimum absolute atomic E-state index is 0.00585. The van der Waals surface area contributed by atoms with Gasteiger partial charge in [-0.1, -0.05) is 54.5 Å². The minimum Gasteiger partial charge on any atom is -0.497 e. The van der Waals surface area contributed by atoms with Gasteiger partial charge >= 0.3 is 0 Å². The first kappa shape index (κ1) is 24.4. The summed E-state index contributed by atoms with van der Waals surface area (Å²) in [5.74, 6) is -0.962. The second-order valence-electron chi connectivity index (χ2n) is 9.12. The molecule has 0 aliphatic heterocycles. The average molecular weight is 502 g/mol. The van der Waals surface area contributed by atoms with Crippen LogP contribution < -0.4 is 15.0 Å². The van der Waals surface area contributed by atoms with Gasteiger partial charge in [0.2, 0.25) is 11.8 Å². The lowest BCUT2D eigenvalue weighted by molar-refractivity contribution is -0.127. The van der Waals surface area contributed by atoms with E-state index < -0.39 is 17.8 Å². The van der Waals surface area contributed by atoms with Crippen LogP contribution in [-0.2, 0) is 16.1 Å². The second-order valence-corrected chi connectivity index (χ2v) is 9.12. The van der Waals surface area contributed by atoms with E-state index in [-0.39, 0.29) is 24.2 Å². The Morgan fingerprint density at radius 1 is 1.08 bits per heavy atom. The summed E-state index contributed by atoms with van der Waals surface area (Å²) in [6, 6.07) is 19.1. The summed E-state index contributed by atoms with van der Waals surface area (Å²) in [6.45, 7) is -0.230. The molecule has 0 bridgehead atoms. The van der Waals surface area contributed by atoms with Gasteiger partial charge in [-0.2, -0.15) is 0 Å². The molecule has 0 radical (unpaired) electrons. The molecule has 1 N–H and O–H groups in total. The number of hydrogen-bond donors (Lipinski definition) is 1. The van der Waals surface area contributed by atoms with Gasteiger partial charge in [-0.3, -0.25) is 14.5 Å². The summed E-state index contributed by atoms with van der Waals surface area (Å²) in [4.78, 5) is 29.0. The molecular formula is C28H28FN5O3. The molecule has 8 nitrogen and oxygen atoms in total. The number of fused-ring (bicyclic) bond motifs is 1. The molecule has 1 heterocycles. The molecule has 2 amide bonds. The Balaban J connectivity index is 1.59. The van der Waals surface area contributed by atoms with Crippen molar-refractivity contribution in [1.29, 1.82) is 0 Å². The molecule has 1 aliphatic carbocycles. The molecule has 1 aromatic heterocycles. The topological polar surface area (TPSA) is 89.4 Å². The lowest BCUT2D eigenvalue weighted by Crippen LogP contribution is -2.47. The van der Waals surface area contributed by atoms with Gasteiger partial charge in [-0.05, 0) is 54.8 Å². The van der Waals surface area contributed by atoms with Crippen molar-refractivity contribution in [2.24, 2.45) is 0 Å². The highest BCUT2D eigenvalue weighted by Crippen LogP contribution is 2.33. The van der Waals surface area contributed by atoms with E-state index in [0.29, 0.717) is 22.3 Å². The Labute approximate surface area is 214 Å². The average Bonchev–Trinajstić information content (AvgIpc) is 3.58. The van der Waals surface area contributed by atoms with Crippen LogP contribution in [0.15, 0.2) is 72.8 Å². The van der Waals surface area contributed by atoms with E-state index in [0.717, 1.165) is 25.7 Å². The Bertz CT molecular complexity index is 1420. The largest absolute Gasteiger partial charge is 0.497 e. The third kappa shape index (κ3) is 5.16. The van der Waals surface area contributed by atoms with Crippen molar-refractivity contribution in [3.8, 4) is 5.75 Å². The maximum atomic E-state index is 15.2. The Hall–Kier alpha value is -4.27. The van der Waals surface area contributed by atoms with Gasteiger partial charge in [0.1, 0.15) is 29.7 Å². The monoisotopic (exact) mass is 501 g/mol. The van der Waals surface area contributed by atoms with E-state index in [1.165, 1.54) is 28.8 Å². The van der Waals surface area contributed by atoms with Crippen LogP contribution in [0, 0.1) is 5.82 Å². The third-order valence-electron chi connectivity index (χ3n) is 6.70. The summed E-state index contributed by atoms with van der Waals surface area (Å²) in [6.07, 6.45) is 3.80. The highest BCUT2D eigenvalue weighted by atomic mass is 19.1. The molecule has 1 saturated carbocycles. The van der Waals surface area contributed by atoms with Crippen molar-refractivity contribution in [3.05, 3.63) is 84.2 Å². The molecule has 3 aromatic carbocycles. The maximum absolute atomic E-state index is 15.2.